The van der Waals surface area contributed by atoms with E-state index in [1.165, 1.54) is 0 Å². The fourth-order valence-electron chi connectivity index (χ4n) is 2.24. The molecule has 0 spiro atoms. The van der Waals surface area contributed by atoms with E-state index in [1.807, 2.05) is 44.3 Å². The van der Waals surface area contributed by atoms with Crippen LogP contribution in [0.4, 0.5) is 5.69 Å². The van der Waals surface area contributed by atoms with Crippen LogP contribution in [-0.4, -0.2) is 42.9 Å². The number of nitrogens with zero attached hydrogens (tertiary/aromatic N) is 1. The highest BCUT2D eigenvalue weighted by atomic mass is 16.2. The molecule has 5 nitrogen and oxygen atoms in total. The number of rotatable bonds is 9. The van der Waals surface area contributed by atoms with Gasteiger partial charge in [0.25, 0.3) is 0 Å². The van der Waals surface area contributed by atoms with Gasteiger partial charge in [-0.25, -0.2) is 0 Å². The number of hydrogen-bond donors (Lipinski definition) is 2. The number of carbonyl (C=O) groups excluding carboxylic acids is 2. The largest absolute Gasteiger partial charge is 0.331 e. The van der Waals surface area contributed by atoms with Crippen LogP contribution in [-0.2, 0) is 9.59 Å². The molecule has 122 valence electrons. The molecule has 0 fully saturated rings. The Hall–Kier alpha value is -1.88. The maximum Gasteiger partial charge on any atom is 0.246 e. The molecule has 0 aromatic heterocycles. The second-order valence-corrected chi connectivity index (χ2v) is 5.33. The fourth-order valence-corrected chi connectivity index (χ4v) is 2.24. The molecule has 0 aliphatic heterocycles. The van der Waals surface area contributed by atoms with Gasteiger partial charge in [-0.3, -0.25) is 9.59 Å². The summed E-state index contributed by atoms with van der Waals surface area (Å²) < 4.78 is 0. The zero-order chi connectivity index (χ0) is 16.4. The van der Waals surface area contributed by atoms with Crippen LogP contribution in [0.3, 0.4) is 0 Å². The number of benzene rings is 1. The zero-order valence-electron chi connectivity index (χ0n) is 13.8. The van der Waals surface area contributed by atoms with Gasteiger partial charge in [0.15, 0.2) is 0 Å². The minimum absolute atomic E-state index is 0.0350. The van der Waals surface area contributed by atoms with Crippen LogP contribution in [0.1, 0.15) is 33.1 Å². The summed E-state index contributed by atoms with van der Waals surface area (Å²) in [5.41, 5.74) is 0.749. The molecule has 0 saturated carbocycles. The lowest BCUT2D eigenvalue weighted by molar-refractivity contribution is -0.138. The summed E-state index contributed by atoms with van der Waals surface area (Å²) in [6.07, 6.45) is 2.08. The van der Waals surface area contributed by atoms with Crippen molar-refractivity contribution in [3.8, 4) is 0 Å². The van der Waals surface area contributed by atoms with Crippen molar-refractivity contribution in [2.75, 3.05) is 25.5 Å². The van der Waals surface area contributed by atoms with Crippen molar-refractivity contribution in [1.82, 2.24) is 10.2 Å². The van der Waals surface area contributed by atoms with Crippen LogP contribution < -0.4 is 10.6 Å². The van der Waals surface area contributed by atoms with Crippen molar-refractivity contribution in [2.24, 2.45) is 0 Å². The van der Waals surface area contributed by atoms with E-state index in [2.05, 4.69) is 10.6 Å². The van der Waals surface area contributed by atoms with Crippen molar-refractivity contribution in [2.45, 2.75) is 39.2 Å². The average molecular weight is 305 g/mol. The number of hydrogen-bond acceptors (Lipinski definition) is 3. The maximum atomic E-state index is 12.3. The number of nitrogens with one attached hydrogen (secondary N) is 2. The van der Waals surface area contributed by atoms with E-state index in [0.29, 0.717) is 13.0 Å². The molecule has 2 amide bonds. The van der Waals surface area contributed by atoms with Crippen LogP contribution >= 0.6 is 0 Å². The first-order valence-corrected chi connectivity index (χ1v) is 7.90. The Morgan fingerprint density at radius 3 is 2.50 bits per heavy atom. The standard InChI is InChI=1S/C17H27N3O2/c1-4-13-20(16(21)11-8-12-18-3)14(2)17(22)19-15-9-6-5-7-10-15/h5-7,9-10,14,18H,4,8,11-13H2,1-3H3,(H,19,22). The number of anilines is 1. The van der Waals surface area contributed by atoms with E-state index in [-0.39, 0.29) is 11.8 Å². The smallest absolute Gasteiger partial charge is 0.246 e. The number of para-hydroxylation sites is 1. The third-order valence-corrected chi connectivity index (χ3v) is 3.49. The highest BCUT2D eigenvalue weighted by Crippen LogP contribution is 2.10. The summed E-state index contributed by atoms with van der Waals surface area (Å²) in [5, 5.41) is 5.89. The Balaban J connectivity index is 2.64. The van der Waals surface area contributed by atoms with E-state index in [9.17, 15) is 9.59 Å². The Labute approximate surface area is 133 Å². The summed E-state index contributed by atoms with van der Waals surface area (Å²) in [4.78, 5) is 26.3. The molecular formula is C17H27N3O2. The van der Waals surface area contributed by atoms with Crippen LogP contribution in [0.5, 0.6) is 0 Å². The first-order valence-electron chi connectivity index (χ1n) is 7.90. The first kappa shape index (κ1) is 18.2. The maximum absolute atomic E-state index is 12.3. The van der Waals surface area contributed by atoms with Crippen molar-refractivity contribution < 1.29 is 9.59 Å². The van der Waals surface area contributed by atoms with Crippen LogP contribution in [0.25, 0.3) is 0 Å². The van der Waals surface area contributed by atoms with Crippen molar-refractivity contribution in [3.05, 3.63) is 30.3 Å². The van der Waals surface area contributed by atoms with Gasteiger partial charge in [-0.05, 0) is 45.5 Å². The molecule has 0 saturated heterocycles. The Bertz CT molecular complexity index is 462. The molecule has 2 N–H and O–H groups in total. The van der Waals surface area contributed by atoms with E-state index in [0.717, 1.165) is 25.1 Å². The van der Waals surface area contributed by atoms with Gasteiger partial charge >= 0.3 is 0 Å². The summed E-state index contributed by atoms with van der Waals surface area (Å²) in [6.45, 7) is 5.19. The molecule has 1 unspecified atom stereocenters. The summed E-state index contributed by atoms with van der Waals surface area (Å²) in [6, 6.07) is 8.84. The Kier molecular flexibility index (Phi) is 8.22. The third kappa shape index (κ3) is 5.85. The van der Waals surface area contributed by atoms with Crippen LogP contribution in [0.15, 0.2) is 30.3 Å². The SMILES string of the molecule is CCCN(C(=O)CCCNC)C(C)C(=O)Nc1ccccc1. The molecule has 0 heterocycles. The second kappa shape index (κ2) is 9.95. The van der Waals surface area contributed by atoms with Gasteiger partial charge in [-0.2, -0.15) is 0 Å². The quantitative estimate of drug-likeness (QED) is 0.688. The molecule has 0 bridgehead atoms. The Morgan fingerprint density at radius 1 is 1.23 bits per heavy atom. The van der Waals surface area contributed by atoms with Crippen LogP contribution in [0, 0.1) is 0 Å². The van der Waals surface area contributed by atoms with Crippen LogP contribution in [0.2, 0.25) is 0 Å². The highest BCUT2D eigenvalue weighted by Gasteiger charge is 2.24. The Morgan fingerprint density at radius 2 is 1.91 bits per heavy atom. The highest BCUT2D eigenvalue weighted by molar-refractivity contribution is 5.96. The van der Waals surface area contributed by atoms with Crippen molar-refractivity contribution >= 4 is 17.5 Å². The topological polar surface area (TPSA) is 61.4 Å². The molecule has 0 radical (unpaired) electrons. The summed E-state index contributed by atoms with van der Waals surface area (Å²) in [7, 11) is 1.87. The zero-order valence-corrected chi connectivity index (χ0v) is 13.8. The molecular weight excluding hydrogens is 278 g/mol. The molecule has 5 heteroatoms. The second-order valence-electron chi connectivity index (χ2n) is 5.33. The third-order valence-electron chi connectivity index (χ3n) is 3.49. The molecule has 1 aromatic rings. The van der Waals surface area contributed by atoms with E-state index in [1.54, 1.807) is 11.8 Å². The van der Waals surface area contributed by atoms with Gasteiger partial charge in [0.1, 0.15) is 6.04 Å². The number of amides is 2. The molecule has 1 atom stereocenters. The minimum Gasteiger partial charge on any atom is -0.331 e. The lowest BCUT2D eigenvalue weighted by Gasteiger charge is -2.28. The lowest BCUT2D eigenvalue weighted by Crippen LogP contribution is -2.46. The van der Waals surface area contributed by atoms with E-state index < -0.39 is 6.04 Å². The van der Waals surface area contributed by atoms with Crippen molar-refractivity contribution in [3.63, 3.8) is 0 Å². The fraction of sp³-hybridized carbons (Fsp3) is 0.529. The lowest BCUT2D eigenvalue weighted by atomic mass is 10.2. The molecule has 22 heavy (non-hydrogen) atoms. The minimum atomic E-state index is -0.470. The summed E-state index contributed by atoms with van der Waals surface area (Å²) in [5.74, 6) is -0.116. The van der Waals surface area contributed by atoms with Gasteiger partial charge in [-0.15, -0.1) is 0 Å². The van der Waals surface area contributed by atoms with Gasteiger partial charge < -0.3 is 15.5 Å². The average Bonchev–Trinajstić information content (AvgIpc) is 2.53. The van der Waals surface area contributed by atoms with Gasteiger partial charge in [0.2, 0.25) is 11.8 Å². The normalized spacial score (nSPS) is 11.8. The summed E-state index contributed by atoms with van der Waals surface area (Å²) >= 11 is 0. The predicted octanol–water partition coefficient (Wildman–Crippen LogP) is 2.25. The predicted molar refractivity (Wildman–Crippen MR) is 89.7 cm³/mol. The van der Waals surface area contributed by atoms with Gasteiger partial charge in [0, 0.05) is 18.7 Å². The van der Waals surface area contributed by atoms with Crippen molar-refractivity contribution in [1.29, 1.82) is 0 Å². The molecule has 1 aromatic carbocycles. The van der Waals surface area contributed by atoms with Gasteiger partial charge in [-0.1, -0.05) is 25.1 Å². The van der Waals surface area contributed by atoms with E-state index >= 15 is 0 Å². The molecule has 0 aliphatic rings. The molecule has 0 aliphatic carbocycles. The number of carbonyl (C=O) groups is 2. The molecule has 1 rings (SSSR count). The van der Waals surface area contributed by atoms with Gasteiger partial charge in [0.05, 0.1) is 0 Å². The monoisotopic (exact) mass is 305 g/mol. The first-order chi connectivity index (χ1) is 10.6. The van der Waals surface area contributed by atoms with E-state index in [4.69, 9.17) is 0 Å².